The summed E-state index contributed by atoms with van der Waals surface area (Å²) in [6.45, 7) is 4.29. The van der Waals surface area contributed by atoms with Gasteiger partial charge in [-0.2, -0.15) is 0 Å². The zero-order valence-electron chi connectivity index (χ0n) is 16.0. The number of nitrogens with zero attached hydrogens (tertiary/aromatic N) is 2. The normalized spacial score (nSPS) is 10.2. The Morgan fingerprint density at radius 1 is 1.07 bits per heavy atom. The summed E-state index contributed by atoms with van der Waals surface area (Å²) in [6.07, 6.45) is 0. The van der Waals surface area contributed by atoms with Crippen LogP contribution in [0.2, 0.25) is 0 Å². The van der Waals surface area contributed by atoms with E-state index in [1.807, 2.05) is 43.3 Å². The molecule has 0 aliphatic carbocycles. The number of carbonyl (C=O) groups excluding carboxylic acids is 1. The second-order valence-corrected chi connectivity index (χ2v) is 5.92. The molecule has 0 fully saturated rings. The first-order chi connectivity index (χ1) is 13.6. The van der Waals surface area contributed by atoms with Crippen LogP contribution in [0.25, 0.3) is 0 Å². The minimum absolute atomic E-state index is 0.256. The summed E-state index contributed by atoms with van der Waals surface area (Å²) >= 11 is 0. The molecule has 0 unspecified atom stereocenters. The van der Waals surface area contributed by atoms with Crippen LogP contribution in [0, 0.1) is 6.92 Å². The van der Waals surface area contributed by atoms with Gasteiger partial charge in [0.05, 0.1) is 19.4 Å². The smallest absolute Gasteiger partial charge is 0.274 e. The Hall–Kier alpha value is -3.61. The molecule has 0 aliphatic heterocycles. The van der Waals surface area contributed by atoms with Crippen LogP contribution in [-0.4, -0.2) is 29.6 Å². The Kier molecular flexibility index (Phi) is 6.06. The van der Waals surface area contributed by atoms with Crippen molar-refractivity contribution >= 4 is 23.1 Å². The van der Waals surface area contributed by atoms with Crippen LogP contribution in [-0.2, 0) is 0 Å². The van der Waals surface area contributed by atoms with Crippen molar-refractivity contribution in [1.82, 2.24) is 9.97 Å². The third-order valence-corrected chi connectivity index (χ3v) is 3.86. The summed E-state index contributed by atoms with van der Waals surface area (Å²) in [5.74, 6) is 2.05. The molecule has 0 saturated heterocycles. The molecular formula is C21H22N4O3. The van der Waals surface area contributed by atoms with Crippen molar-refractivity contribution in [2.75, 3.05) is 24.4 Å². The number of ether oxygens (including phenoxy) is 2. The van der Waals surface area contributed by atoms with Gasteiger partial charge in [0.1, 0.15) is 28.8 Å². The van der Waals surface area contributed by atoms with Gasteiger partial charge in [-0.3, -0.25) is 4.79 Å². The van der Waals surface area contributed by atoms with Crippen LogP contribution in [0.4, 0.5) is 17.2 Å². The molecule has 7 nitrogen and oxygen atoms in total. The maximum absolute atomic E-state index is 12.7. The molecule has 0 aliphatic rings. The number of nitrogens with one attached hydrogen (secondary N) is 2. The molecular weight excluding hydrogens is 356 g/mol. The van der Waals surface area contributed by atoms with Crippen molar-refractivity contribution in [1.29, 1.82) is 0 Å². The molecule has 3 rings (SSSR count). The molecule has 1 heterocycles. The third kappa shape index (κ3) is 4.76. The molecule has 144 valence electrons. The van der Waals surface area contributed by atoms with Gasteiger partial charge in [0.2, 0.25) is 0 Å². The van der Waals surface area contributed by atoms with Crippen molar-refractivity contribution in [3.8, 4) is 11.5 Å². The summed E-state index contributed by atoms with van der Waals surface area (Å²) in [4.78, 5) is 21.2. The highest BCUT2D eigenvalue weighted by atomic mass is 16.5. The highest BCUT2D eigenvalue weighted by Crippen LogP contribution is 2.24. The van der Waals surface area contributed by atoms with E-state index >= 15 is 0 Å². The number of methoxy groups -OCH3 is 1. The second kappa shape index (κ2) is 8.85. The molecule has 1 amide bonds. The van der Waals surface area contributed by atoms with E-state index in [0.29, 0.717) is 29.7 Å². The number of hydrogen-bond acceptors (Lipinski definition) is 6. The number of aromatic nitrogens is 2. The SMILES string of the molecule is CCOc1ccc(Nc2cc(C(=O)Nc3ccccc3OC)nc(C)n2)cc1. The summed E-state index contributed by atoms with van der Waals surface area (Å²) in [5, 5.41) is 6.00. The molecule has 0 atom stereocenters. The van der Waals surface area contributed by atoms with Crippen molar-refractivity contribution < 1.29 is 14.3 Å². The minimum Gasteiger partial charge on any atom is -0.495 e. The lowest BCUT2D eigenvalue weighted by atomic mass is 10.2. The number of carbonyl (C=O) groups is 1. The van der Waals surface area contributed by atoms with Gasteiger partial charge in [-0.25, -0.2) is 9.97 Å². The van der Waals surface area contributed by atoms with E-state index in [-0.39, 0.29) is 11.6 Å². The fourth-order valence-electron chi connectivity index (χ4n) is 2.63. The Bertz CT molecular complexity index is 958. The standard InChI is InChI=1S/C21H22N4O3/c1-4-28-16-11-9-15(10-12-16)24-20-13-18(22-14(2)23-20)21(26)25-17-7-5-6-8-19(17)27-3/h5-13H,4H2,1-3H3,(H,25,26)(H,22,23,24). The van der Waals surface area contributed by atoms with E-state index in [0.717, 1.165) is 11.4 Å². The number of aryl methyl sites for hydroxylation is 1. The summed E-state index contributed by atoms with van der Waals surface area (Å²) in [7, 11) is 1.55. The van der Waals surface area contributed by atoms with Gasteiger partial charge in [-0.15, -0.1) is 0 Å². The van der Waals surface area contributed by atoms with Crippen molar-refractivity contribution in [3.63, 3.8) is 0 Å². The number of amides is 1. The van der Waals surface area contributed by atoms with Crippen LogP contribution in [0.5, 0.6) is 11.5 Å². The van der Waals surface area contributed by atoms with Gasteiger partial charge in [0.15, 0.2) is 0 Å². The molecule has 0 radical (unpaired) electrons. The van der Waals surface area contributed by atoms with Gasteiger partial charge >= 0.3 is 0 Å². The molecule has 1 aromatic heterocycles. The summed E-state index contributed by atoms with van der Waals surface area (Å²) in [6, 6.07) is 16.3. The number of anilines is 3. The number of hydrogen-bond donors (Lipinski definition) is 2. The van der Waals surface area contributed by atoms with Crippen LogP contribution >= 0.6 is 0 Å². The summed E-state index contributed by atoms with van der Waals surface area (Å²) in [5.41, 5.74) is 1.66. The van der Waals surface area contributed by atoms with Crippen LogP contribution in [0.15, 0.2) is 54.6 Å². The van der Waals surface area contributed by atoms with E-state index in [1.54, 1.807) is 32.2 Å². The predicted molar refractivity (Wildman–Crippen MR) is 109 cm³/mol. The number of rotatable bonds is 7. The highest BCUT2D eigenvalue weighted by Gasteiger charge is 2.13. The lowest BCUT2D eigenvalue weighted by Gasteiger charge is -2.11. The molecule has 3 aromatic rings. The molecule has 28 heavy (non-hydrogen) atoms. The molecule has 0 spiro atoms. The Labute approximate surface area is 163 Å². The highest BCUT2D eigenvalue weighted by molar-refractivity contribution is 6.04. The number of benzene rings is 2. The van der Waals surface area contributed by atoms with Gasteiger partial charge in [0.25, 0.3) is 5.91 Å². The van der Waals surface area contributed by atoms with Crippen molar-refractivity contribution in [3.05, 3.63) is 66.1 Å². The first-order valence-corrected chi connectivity index (χ1v) is 8.89. The van der Waals surface area contributed by atoms with Gasteiger partial charge in [0, 0.05) is 11.8 Å². The second-order valence-electron chi connectivity index (χ2n) is 5.92. The van der Waals surface area contributed by atoms with Crippen LogP contribution in [0.1, 0.15) is 23.2 Å². The zero-order valence-corrected chi connectivity index (χ0v) is 16.0. The van der Waals surface area contributed by atoms with E-state index in [9.17, 15) is 4.79 Å². The average Bonchev–Trinajstić information content (AvgIpc) is 2.69. The van der Waals surface area contributed by atoms with Gasteiger partial charge < -0.3 is 20.1 Å². The average molecular weight is 378 g/mol. The fourth-order valence-corrected chi connectivity index (χ4v) is 2.63. The van der Waals surface area contributed by atoms with Crippen LogP contribution < -0.4 is 20.1 Å². The van der Waals surface area contributed by atoms with Gasteiger partial charge in [-0.1, -0.05) is 12.1 Å². The number of para-hydroxylation sites is 2. The quantitative estimate of drug-likeness (QED) is 0.641. The maximum Gasteiger partial charge on any atom is 0.274 e. The first-order valence-electron chi connectivity index (χ1n) is 8.89. The Balaban J connectivity index is 1.78. The van der Waals surface area contributed by atoms with Crippen molar-refractivity contribution in [2.45, 2.75) is 13.8 Å². The molecule has 2 aromatic carbocycles. The van der Waals surface area contributed by atoms with E-state index in [2.05, 4.69) is 20.6 Å². The Morgan fingerprint density at radius 3 is 2.54 bits per heavy atom. The Morgan fingerprint density at radius 2 is 1.82 bits per heavy atom. The molecule has 0 bridgehead atoms. The van der Waals surface area contributed by atoms with Crippen LogP contribution in [0.3, 0.4) is 0 Å². The lowest BCUT2D eigenvalue weighted by molar-refractivity contribution is 0.102. The minimum atomic E-state index is -0.343. The summed E-state index contributed by atoms with van der Waals surface area (Å²) < 4.78 is 10.7. The predicted octanol–water partition coefficient (Wildman–Crippen LogP) is 4.19. The fraction of sp³-hybridized carbons (Fsp3) is 0.190. The lowest BCUT2D eigenvalue weighted by Crippen LogP contribution is -2.16. The maximum atomic E-state index is 12.7. The van der Waals surface area contributed by atoms with Gasteiger partial charge in [-0.05, 0) is 50.2 Å². The molecule has 2 N–H and O–H groups in total. The molecule has 7 heteroatoms. The van der Waals surface area contributed by atoms with E-state index in [1.165, 1.54) is 0 Å². The monoisotopic (exact) mass is 378 g/mol. The van der Waals surface area contributed by atoms with E-state index in [4.69, 9.17) is 9.47 Å². The molecule has 0 saturated carbocycles. The van der Waals surface area contributed by atoms with E-state index < -0.39 is 0 Å². The first kappa shape index (κ1) is 19.2. The largest absolute Gasteiger partial charge is 0.495 e. The van der Waals surface area contributed by atoms with Crippen molar-refractivity contribution in [2.24, 2.45) is 0 Å². The third-order valence-electron chi connectivity index (χ3n) is 3.86. The topological polar surface area (TPSA) is 85.4 Å². The zero-order chi connectivity index (χ0) is 19.9.